The first-order valence-corrected chi connectivity index (χ1v) is 5.20. The lowest BCUT2D eigenvalue weighted by Crippen LogP contribution is -1.99. The molecular weight excluding hydrogens is 237 g/mol. The van der Waals surface area contributed by atoms with Gasteiger partial charge in [-0.2, -0.15) is 0 Å². The van der Waals surface area contributed by atoms with E-state index < -0.39 is 5.97 Å². The maximum atomic E-state index is 13.1. The van der Waals surface area contributed by atoms with E-state index in [1.54, 1.807) is 12.1 Å². The molecule has 3 rings (SSSR count). The molecule has 1 aromatic carbocycles. The van der Waals surface area contributed by atoms with Gasteiger partial charge < -0.3 is 15.1 Å². The van der Waals surface area contributed by atoms with Gasteiger partial charge in [-0.3, -0.25) is 0 Å². The number of hydrogen-bond acceptors (Lipinski definition) is 2. The van der Waals surface area contributed by atoms with Crippen LogP contribution in [0.25, 0.3) is 22.3 Å². The van der Waals surface area contributed by atoms with Gasteiger partial charge in [0.25, 0.3) is 0 Å². The van der Waals surface area contributed by atoms with Crippen molar-refractivity contribution in [2.24, 2.45) is 0 Å². The SMILES string of the molecule is O=C(O)c1[nH]cnc1-c1cc2ccc(F)cc2[nH]1. The summed E-state index contributed by atoms with van der Waals surface area (Å²) >= 11 is 0. The molecule has 0 saturated heterocycles. The molecule has 0 spiro atoms. The van der Waals surface area contributed by atoms with Crippen LogP contribution < -0.4 is 0 Å². The summed E-state index contributed by atoms with van der Waals surface area (Å²) in [6, 6.07) is 6.06. The van der Waals surface area contributed by atoms with Gasteiger partial charge in [0.15, 0.2) is 5.69 Å². The summed E-state index contributed by atoms with van der Waals surface area (Å²) in [6.07, 6.45) is 1.31. The topological polar surface area (TPSA) is 81.8 Å². The number of benzene rings is 1. The maximum Gasteiger partial charge on any atom is 0.354 e. The van der Waals surface area contributed by atoms with Crippen molar-refractivity contribution >= 4 is 16.9 Å². The van der Waals surface area contributed by atoms with Crippen molar-refractivity contribution in [3.63, 3.8) is 0 Å². The van der Waals surface area contributed by atoms with Crippen LogP contribution in [0.3, 0.4) is 0 Å². The molecule has 0 radical (unpaired) electrons. The van der Waals surface area contributed by atoms with E-state index in [9.17, 15) is 9.18 Å². The number of imidazole rings is 1. The van der Waals surface area contributed by atoms with Crippen molar-refractivity contribution in [1.82, 2.24) is 15.0 Å². The van der Waals surface area contributed by atoms with E-state index in [2.05, 4.69) is 15.0 Å². The molecule has 0 fully saturated rings. The van der Waals surface area contributed by atoms with Crippen LogP contribution in [0, 0.1) is 5.82 Å². The predicted molar refractivity (Wildman–Crippen MR) is 62.8 cm³/mol. The highest BCUT2D eigenvalue weighted by Gasteiger charge is 2.16. The Balaban J connectivity index is 2.19. The van der Waals surface area contributed by atoms with Gasteiger partial charge in [-0.05, 0) is 24.3 Å². The molecule has 2 heterocycles. The van der Waals surface area contributed by atoms with Crippen LogP contribution >= 0.6 is 0 Å². The quantitative estimate of drug-likeness (QED) is 0.648. The highest BCUT2D eigenvalue weighted by Crippen LogP contribution is 2.25. The molecule has 2 aromatic heterocycles. The molecule has 0 aliphatic carbocycles. The second kappa shape index (κ2) is 3.69. The fourth-order valence-corrected chi connectivity index (χ4v) is 1.89. The first-order valence-electron chi connectivity index (χ1n) is 5.20. The molecular formula is C12H8FN3O2. The van der Waals surface area contributed by atoms with Gasteiger partial charge in [-0.1, -0.05) is 0 Å². The molecule has 0 atom stereocenters. The summed E-state index contributed by atoms with van der Waals surface area (Å²) in [4.78, 5) is 20.4. The van der Waals surface area contributed by atoms with Crippen LogP contribution in [-0.2, 0) is 0 Å². The van der Waals surface area contributed by atoms with Crippen LogP contribution in [0.2, 0.25) is 0 Å². The van der Waals surface area contributed by atoms with Crippen LogP contribution in [0.1, 0.15) is 10.5 Å². The summed E-state index contributed by atoms with van der Waals surface area (Å²) in [5, 5.41) is 9.79. The van der Waals surface area contributed by atoms with Gasteiger partial charge in [0.05, 0.1) is 12.0 Å². The van der Waals surface area contributed by atoms with E-state index in [1.165, 1.54) is 18.5 Å². The number of halogens is 1. The molecule has 18 heavy (non-hydrogen) atoms. The van der Waals surface area contributed by atoms with Crippen LogP contribution in [0.4, 0.5) is 4.39 Å². The Morgan fingerprint density at radius 1 is 1.33 bits per heavy atom. The summed E-state index contributed by atoms with van der Waals surface area (Å²) < 4.78 is 13.1. The number of fused-ring (bicyclic) bond motifs is 1. The third-order valence-electron chi connectivity index (χ3n) is 2.69. The Kier molecular flexibility index (Phi) is 2.16. The molecule has 0 saturated carbocycles. The number of aromatic nitrogens is 3. The van der Waals surface area contributed by atoms with Crippen molar-refractivity contribution in [1.29, 1.82) is 0 Å². The number of carboxylic acid groups (broad SMARTS) is 1. The van der Waals surface area contributed by atoms with E-state index in [4.69, 9.17) is 5.11 Å². The average Bonchev–Trinajstić information content (AvgIpc) is 2.93. The first kappa shape index (κ1) is 10.5. The number of aromatic carboxylic acids is 1. The van der Waals surface area contributed by atoms with Crippen molar-refractivity contribution in [3.8, 4) is 11.4 Å². The van der Waals surface area contributed by atoms with Gasteiger partial charge in [0.1, 0.15) is 11.5 Å². The Labute approximate surface area is 100 Å². The summed E-state index contributed by atoms with van der Waals surface area (Å²) in [6.45, 7) is 0. The fourth-order valence-electron chi connectivity index (χ4n) is 1.89. The first-order chi connectivity index (χ1) is 8.65. The largest absolute Gasteiger partial charge is 0.477 e. The molecule has 3 aromatic rings. The van der Waals surface area contributed by atoms with Crippen LogP contribution in [-0.4, -0.2) is 26.0 Å². The van der Waals surface area contributed by atoms with Gasteiger partial charge in [0, 0.05) is 10.9 Å². The zero-order valence-corrected chi connectivity index (χ0v) is 9.07. The lowest BCUT2D eigenvalue weighted by atomic mass is 10.2. The third-order valence-corrected chi connectivity index (χ3v) is 2.69. The summed E-state index contributed by atoms with van der Waals surface area (Å²) in [5.74, 6) is -1.44. The smallest absolute Gasteiger partial charge is 0.354 e. The molecule has 3 N–H and O–H groups in total. The van der Waals surface area contributed by atoms with Crippen LogP contribution in [0.5, 0.6) is 0 Å². The second-order valence-electron chi connectivity index (χ2n) is 3.85. The molecule has 5 nitrogen and oxygen atoms in total. The Morgan fingerprint density at radius 2 is 2.17 bits per heavy atom. The molecule has 0 amide bonds. The monoisotopic (exact) mass is 245 g/mol. The fraction of sp³-hybridized carbons (Fsp3) is 0. The number of nitrogens with zero attached hydrogens (tertiary/aromatic N) is 1. The zero-order chi connectivity index (χ0) is 12.7. The van der Waals surface area contributed by atoms with E-state index in [0.717, 1.165) is 5.39 Å². The molecule has 0 aliphatic heterocycles. The maximum absolute atomic E-state index is 13.1. The number of hydrogen-bond donors (Lipinski definition) is 3. The normalized spacial score (nSPS) is 10.9. The van der Waals surface area contributed by atoms with E-state index >= 15 is 0 Å². The summed E-state index contributed by atoms with van der Waals surface area (Å²) in [7, 11) is 0. The standard InChI is InChI=1S/C12H8FN3O2/c13-7-2-1-6-3-9(16-8(6)4-7)10-11(12(17)18)15-5-14-10/h1-5,16H,(H,14,15)(H,17,18). The molecule has 0 bridgehead atoms. The van der Waals surface area contributed by atoms with Crippen molar-refractivity contribution in [2.75, 3.05) is 0 Å². The number of carbonyl (C=O) groups is 1. The van der Waals surface area contributed by atoms with E-state index in [0.29, 0.717) is 16.9 Å². The van der Waals surface area contributed by atoms with Crippen molar-refractivity contribution in [2.45, 2.75) is 0 Å². The molecule has 0 unspecified atom stereocenters. The molecule has 0 aliphatic rings. The Hall–Kier alpha value is -2.63. The van der Waals surface area contributed by atoms with E-state index in [1.807, 2.05) is 0 Å². The minimum absolute atomic E-state index is 0.00188. The highest BCUT2D eigenvalue weighted by atomic mass is 19.1. The summed E-state index contributed by atoms with van der Waals surface area (Å²) in [5.41, 5.74) is 1.44. The van der Waals surface area contributed by atoms with Crippen LogP contribution in [0.15, 0.2) is 30.6 Å². The predicted octanol–water partition coefficient (Wildman–Crippen LogP) is 2.40. The van der Waals surface area contributed by atoms with Gasteiger partial charge >= 0.3 is 5.97 Å². The van der Waals surface area contributed by atoms with Gasteiger partial charge in [-0.15, -0.1) is 0 Å². The Bertz CT molecular complexity index is 745. The minimum atomic E-state index is -1.09. The number of carboxylic acids is 1. The van der Waals surface area contributed by atoms with Crippen molar-refractivity contribution < 1.29 is 14.3 Å². The lowest BCUT2D eigenvalue weighted by Gasteiger charge is -1.94. The Morgan fingerprint density at radius 3 is 2.94 bits per heavy atom. The van der Waals surface area contributed by atoms with Gasteiger partial charge in [-0.25, -0.2) is 14.2 Å². The zero-order valence-electron chi connectivity index (χ0n) is 9.07. The molecule has 90 valence electrons. The lowest BCUT2D eigenvalue weighted by molar-refractivity contribution is 0.0692. The van der Waals surface area contributed by atoms with E-state index in [-0.39, 0.29) is 11.5 Å². The van der Waals surface area contributed by atoms with Gasteiger partial charge in [0.2, 0.25) is 0 Å². The number of nitrogens with one attached hydrogen (secondary N) is 2. The van der Waals surface area contributed by atoms with Crippen molar-refractivity contribution in [3.05, 3.63) is 42.1 Å². The average molecular weight is 245 g/mol. The minimum Gasteiger partial charge on any atom is -0.477 e. The second-order valence-corrected chi connectivity index (χ2v) is 3.85. The number of H-pyrrole nitrogens is 2. The third kappa shape index (κ3) is 1.55. The number of aromatic amines is 2. The highest BCUT2D eigenvalue weighted by molar-refractivity contribution is 5.94. The number of rotatable bonds is 2. The molecule has 6 heteroatoms.